The Morgan fingerprint density at radius 1 is 1.30 bits per heavy atom. The molecule has 4 heteroatoms. The first kappa shape index (κ1) is 17.4. The number of nitrogens with two attached hydrogens (primary N) is 1. The van der Waals surface area contributed by atoms with Gasteiger partial charge in [0.25, 0.3) is 0 Å². The molecular formula is C16H33N3O. The molecule has 1 aliphatic heterocycles. The van der Waals surface area contributed by atoms with E-state index >= 15 is 0 Å². The van der Waals surface area contributed by atoms with Crippen molar-refractivity contribution in [3.63, 3.8) is 0 Å². The molecule has 0 saturated carbocycles. The Bertz CT molecular complexity index is 293. The Balaban J connectivity index is 2.42. The van der Waals surface area contributed by atoms with Gasteiger partial charge < -0.3 is 10.6 Å². The van der Waals surface area contributed by atoms with Crippen LogP contribution in [-0.2, 0) is 4.79 Å². The van der Waals surface area contributed by atoms with E-state index in [9.17, 15) is 4.79 Å². The first-order chi connectivity index (χ1) is 9.49. The molecule has 2 atom stereocenters. The highest BCUT2D eigenvalue weighted by Gasteiger charge is 2.26. The third kappa shape index (κ3) is 5.06. The molecule has 0 aromatic rings. The third-order valence-corrected chi connectivity index (χ3v) is 4.81. The molecular weight excluding hydrogens is 250 g/mol. The fraction of sp³-hybridized carbons (Fsp3) is 0.938. The summed E-state index contributed by atoms with van der Waals surface area (Å²) >= 11 is 0. The zero-order valence-corrected chi connectivity index (χ0v) is 13.8. The maximum atomic E-state index is 12.4. The average Bonchev–Trinajstić information content (AvgIpc) is 2.43. The van der Waals surface area contributed by atoms with Crippen LogP contribution in [0.2, 0.25) is 0 Å². The van der Waals surface area contributed by atoms with Crippen molar-refractivity contribution < 1.29 is 4.79 Å². The third-order valence-electron chi connectivity index (χ3n) is 4.81. The van der Waals surface area contributed by atoms with Crippen molar-refractivity contribution in [2.75, 3.05) is 33.2 Å². The number of likely N-dealkylation sites (N-methyl/N-ethyl adjacent to an activating group) is 1. The van der Waals surface area contributed by atoms with Crippen LogP contribution in [-0.4, -0.2) is 55.0 Å². The molecule has 1 rings (SSSR count). The van der Waals surface area contributed by atoms with E-state index in [4.69, 9.17) is 5.73 Å². The van der Waals surface area contributed by atoms with Crippen LogP contribution in [0.5, 0.6) is 0 Å². The summed E-state index contributed by atoms with van der Waals surface area (Å²) in [5.41, 5.74) is 5.67. The maximum Gasteiger partial charge on any atom is 0.222 e. The van der Waals surface area contributed by atoms with Crippen molar-refractivity contribution in [2.24, 2.45) is 17.6 Å². The van der Waals surface area contributed by atoms with Gasteiger partial charge in [-0.1, -0.05) is 20.8 Å². The van der Waals surface area contributed by atoms with Gasteiger partial charge >= 0.3 is 0 Å². The zero-order valence-electron chi connectivity index (χ0n) is 13.8. The molecule has 0 aromatic heterocycles. The van der Waals surface area contributed by atoms with E-state index in [1.54, 1.807) is 0 Å². The second kappa shape index (κ2) is 8.63. The molecule has 0 spiro atoms. The van der Waals surface area contributed by atoms with Crippen molar-refractivity contribution in [2.45, 2.75) is 52.5 Å². The topological polar surface area (TPSA) is 49.6 Å². The van der Waals surface area contributed by atoms with Gasteiger partial charge in [-0.15, -0.1) is 0 Å². The number of rotatable bonds is 7. The molecule has 0 radical (unpaired) electrons. The lowest BCUT2D eigenvalue weighted by Gasteiger charge is -2.39. The summed E-state index contributed by atoms with van der Waals surface area (Å²) in [5.74, 6) is 1.53. The first-order valence-corrected chi connectivity index (χ1v) is 8.17. The van der Waals surface area contributed by atoms with Crippen LogP contribution in [0.25, 0.3) is 0 Å². The Labute approximate surface area is 124 Å². The zero-order chi connectivity index (χ0) is 15.1. The van der Waals surface area contributed by atoms with Gasteiger partial charge in [0, 0.05) is 32.1 Å². The predicted molar refractivity (Wildman–Crippen MR) is 84.5 cm³/mol. The van der Waals surface area contributed by atoms with Gasteiger partial charge in [-0.3, -0.25) is 9.69 Å². The van der Waals surface area contributed by atoms with E-state index in [0.717, 1.165) is 45.4 Å². The second-order valence-electron chi connectivity index (χ2n) is 6.50. The molecule has 118 valence electrons. The molecule has 0 bridgehead atoms. The minimum atomic E-state index is 0.333. The van der Waals surface area contributed by atoms with Gasteiger partial charge in [0.1, 0.15) is 0 Å². The first-order valence-electron chi connectivity index (χ1n) is 8.17. The molecule has 4 nitrogen and oxygen atoms in total. The second-order valence-corrected chi connectivity index (χ2v) is 6.50. The molecule has 1 amide bonds. The minimum Gasteiger partial charge on any atom is -0.340 e. The van der Waals surface area contributed by atoms with Crippen molar-refractivity contribution in [3.05, 3.63) is 0 Å². The van der Waals surface area contributed by atoms with Crippen molar-refractivity contribution in [3.8, 4) is 0 Å². The Morgan fingerprint density at radius 2 is 2.00 bits per heavy atom. The number of amides is 1. The van der Waals surface area contributed by atoms with E-state index in [1.807, 2.05) is 0 Å². The average molecular weight is 283 g/mol. The van der Waals surface area contributed by atoms with Gasteiger partial charge in [-0.05, 0) is 44.7 Å². The fourth-order valence-electron chi connectivity index (χ4n) is 3.11. The van der Waals surface area contributed by atoms with Gasteiger partial charge in [0.15, 0.2) is 0 Å². The van der Waals surface area contributed by atoms with Crippen molar-refractivity contribution >= 4 is 5.91 Å². The number of hydrogen-bond donors (Lipinski definition) is 1. The summed E-state index contributed by atoms with van der Waals surface area (Å²) in [5, 5.41) is 0. The van der Waals surface area contributed by atoms with Crippen LogP contribution in [0.3, 0.4) is 0 Å². The van der Waals surface area contributed by atoms with Gasteiger partial charge in [-0.2, -0.15) is 0 Å². The SMILES string of the molecule is CCC1CN(C(=O)CCC(CCN)C(C)C)CCN1C. The van der Waals surface area contributed by atoms with Gasteiger partial charge in [-0.25, -0.2) is 0 Å². The normalized spacial score (nSPS) is 22.3. The standard InChI is InChI=1S/C16H33N3O/c1-5-15-12-19(11-10-18(15)4)16(20)7-6-14(8-9-17)13(2)3/h13-15H,5-12,17H2,1-4H3. The summed E-state index contributed by atoms with van der Waals surface area (Å²) in [6, 6.07) is 0.526. The summed E-state index contributed by atoms with van der Waals surface area (Å²) in [6.45, 7) is 10.2. The van der Waals surface area contributed by atoms with E-state index in [1.165, 1.54) is 0 Å². The summed E-state index contributed by atoms with van der Waals surface area (Å²) < 4.78 is 0. The predicted octanol–water partition coefficient (Wildman–Crippen LogP) is 1.94. The van der Waals surface area contributed by atoms with E-state index in [-0.39, 0.29) is 0 Å². The summed E-state index contributed by atoms with van der Waals surface area (Å²) in [6.07, 6.45) is 3.81. The minimum absolute atomic E-state index is 0.333. The fourth-order valence-corrected chi connectivity index (χ4v) is 3.11. The largest absolute Gasteiger partial charge is 0.340 e. The van der Waals surface area contributed by atoms with Crippen molar-refractivity contribution in [1.82, 2.24) is 9.80 Å². The molecule has 20 heavy (non-hydrogen) atoms. The van der Waals surface area contributed by atoms with Crippen LogP contribution in [0.4, 0.5) is 0 Å². The van der Waals surface area contributed by atoms with Crippen LogP contribution < -0.4 is 5.73 Å². The number of piperazine rings is 1. The van der Waals surface area contributed by atoms with E-state index in [0.29, 0.717) is 30.2 Å². The summed E-state index contributed by atoms with van der Waals surface area (Å²) in [7, 11) is 2.16. The van der Waals surface area contributed by atoms with Crippen LogP contribution in [0.15, 0.2) is 0 Å². The molecule has 1 fully saturated rings. The number of carbonyl (C=O) groups is 1. The molecule has 1 heterocycles. The Hall–Kier alpha value is -0.610. The highest BCUT2D eigenvalue weighted by Crippen LogP contribution is 2.21. The number of carbonyl (C=O) groups excluding carboxylic acids is 1. The molecule has 0 aromatic carbocycles. The van der Waals surface area contributed by atoms with Gasteiger partial charge in [0.2, 0.25) is 5.91 Å². The molecule has 0 aliphatic carbocycles. The van der Waals surface area contributed by atoms with E-state index < -0.39 is 0 Å². The number of hydrogen-bond acceptors (Lipinski definition) is 3. The highest BCUT2D eigenvalue weighted by molar-refractivity contribution is 5.76. The molecule has 2 unspecified atom stereocenters. The quantitative estimate of drug-likeness (QED) is 0.777. The van der Waals surface area contributed by atoms with E-state index in [2.05, 4.69) is 37.6 Å². The van der Waals surface area contributed by atoms with Crippen molar-refractivity contribution in [1.29, 1.82) is 0 Å². The number of nitrogens with zero attached hydrogens (tertiary/aromatic N) is 2. The molecule has 2 N–H and O–H groups in total. The lowest BCUT2D eigenvalue weighted by molar-refractivity contribution is -0.134. The smallest absolute Gasteiger partial charge is 0.222 e. The molecule has 1 saturated heterocycles. The van der Waals surface area contributed by atoms with Crippen LogP contribution in [0, 0.1) is 11.8 Å². The summed E-state index contributed by atoms with van der Waals surface area (Å²) in [4.78, 5) is 16.8. The van der Waals surface area contributed by atoms with Crippen LogP contribution >= 0.6 is 0 Å². The monoisotopic (exact) mass is 283 g/mol. The maximum absolute atomic E-state index is 12.4. The Morgan fingerprint density at radius 3 is 2.55 bits per heavy atom. The van der Waals surface area contributed by atoms with Gasteiger partial charge in [0.05, 0.1) is 0 Å². The highest BCUT2D eigenvalue weighted by atomic mass is 16.2. The lowest BCUT2D eigenvalue weighted by Crippen LogP contribution is -2.53. The Kier molecular flexibility index (Phi) is 7.52. The van der Waals surface area contributed by atoms with Crippen LogP contribution in [0.1, 0.15) is 46.5 Å². The molecule has 1 aliphatic rings. The lowest BCUT2D eigenvalue weighted by atomic mass is 9.88.